The van der Waals surface area contributed by atoms with Gasteiger partial charge in [0.1, 0.15) is 12.4 Å². The number of para-hydroxylation sites is 1. The number of nitrogens with zero attached hydrogens (tertiary/aromatic N) is 7. The molecule has 1 amide bonds. The molecule has 0 atom stereocenters. The molecule has 2 aromatic carbocycles. The van der Waals surface area contributed by atoms with Gasteiger partial charge in [-0.2, -0.15) is 0 Å². The fourth-order valence-corrected chi connectivity index (χ4v) is 5.85. The molecule has 1 aliphatic rings. The van der Waals surface area contributed by atoms with Gasteiger partial charge >= 0.3 is 0 Å². The summed E-state index contributed by atoms with van der Waals surface area (Å²) in [6.45, 7) is 4.77. The quantitative estimate of drug-likeness (QED) is 0.188. The predicted octanol–water partition coefficient (Wildman–Crippen LogP) is 3.66. The number of thiazole rings is 1. The summed E-state index contributed by atoms with van der Waals surface area (Å²) in [7, 11) is 1.87. The van der Waals surface area contributed by atoms with Crippen molar-refractivity contribution in [2.45, 2.75) is 18.7 Å². The number of aryl methyl sites for hydroxylation is 1. The molecule has 4 aromatic rings. The SMILES string of the molecule is Cc1ccccc1OCc1nnc(SCC(=O)N2CCN(c3nc4ccc([N+](=O)[O-])cc4s3)CC2)n1C. The first kappa shape index (κ1) is 25.0. The number of piperazine rings is 1. The van der Waals surface area contributed by atoms with E-state index in [0.717, 1.165) is 26.7 Å². The smallest absolute Gasteiger partial charge is 0.270 e. The lowest BCUT2D eigenvalue weighted by molar-refractivity contribution is -0.384. The number of fused-ring (bicyclic) bond motifs is 1. The maximum atomic E-state index is 12.9. The average molecular weight is 540 g/mol. The van der Waals surface area contributed by atoms with Crippen LogP contribution < -0.4 is 9.64 Å². The summed E-state index contributed by atoms with van der Waals surface area (Å²) in [5.74, 6) is 1.81. The molecule has 1 aliphatic heterocycles. The van der Waals surface area contributed by atoms with Crippen molar-refractivity contribution >= 4 is 50.0 Å². The van der Waals surface area contributed by atoms with E-state index in [2.05, 4.69) is 20.1 Å². The Hall–Kier alpha value is -3.71. The number of aromatic nitrogens is 4. The minimum Gasteiger partial charge on any atom is -0.485 e. The van der Waals surface area contributed by atoms with Crippen LogP contribution in [0, 0.1) is 17.0 Å². The largest absolute Gasteiger partial charge is 0.485 e. The van der Waals surface area contributed by atoms with Gasteiger partial charge in [0.05, 0.1) is 20.9 Å². The second kappa shape index (κ2) is 10.7. The highest BCUT2D eigenvalue weighted by molar-refractivity contribution is 7.99. The molecule has 0 spiro atoms. The van der Waals surface area contributed by atoms with Crippen molar-refractivity contribution in [3.8, 4) is 5.75 Å². The van der Waals surface area contributed by atoms with Crippen LogP contribution in [-0.2, 0) is 18.4 Å². The zero-order chi connectivity index (χ0) is 25.9. The van der Waals surface area contributed by atoms with Crippen LogP contribution in [0.25, 0.3) is 10.2 Å². The summed E-state index contributed by atoms with van der Waals surface area (Å²) < 4.78 is 8.51. The lowest BCUT2D eigenvalue weighted by Gasteiger charge is -2.34. The molecule has 0 unspecified atom stereocenters. The molecule has 192 valence electrons. The number of carbonyl (C=O) groups excluding carboxylic acids is 1. The highest BCUT2D eigenvalue weighted by atomic mass is 32.2. The Balaban J connectivity index is 1.12. The van der Waals surface area contributed by atoms with Crippen molar-refractivity contribution in [1.29, 1.82) is 0 Å². The van der Waals surface area contributed by atoms with Crippen molar-refractivity contribution in [3.63, 3.8) is 0 Å². The van der Waals surface area contributed by atoms with Gasteiger partial charge in [0.25, 0.3) is 5.69 Å². The van der Waals surface area contributed by atoms with E-state index in [-0.39, 0.29) is 17.3 Å². The van der Waals surface area contributed by atoms with Crippen molar-refractivity contribution in [2.24, 2.45) is 7.05 Å². The fraction of sp³-hybridized carbons (Fsp3) is 0.333. The third-order valence-corrected chi connectivity index (χ3v) is 8.26. The van der Waals surface area contributed by atoms with Crippen LogP contribution in [0.15, 0.2) is 47.6 Å². The number of hydrogen-bond acceptors (Lipinski definition) is 10. The predicted molar refractivity (Wildman–Crippen MR) is 142 cm³/mol. The molecular formula is C24H25N7O4S2. The van der Waals surface area contributed by atoms with Gasteiger partial charge in [0, 0.05) is 45.4 Å². The van der Waals surface area contributed by atoms with Gasteiger partial charge in [-0.15, -0.1) is 10.2 Å². The minimum absolute atomic E-state index is 0.0466. The molecule has 1 saturated heterocycles. The van der Waals surface area contributed by atoms with E-state index < -0.39 is 4.92 Å². The molecule has 0 saturated carbocycles. The van der Waals surface area contributed by atoms with Crippen LogP contribution >= 0.6 is 23.1 Å². The van der Waals surface area contributed by atoms with Crippen LogP contribution in [0.3, 0.4) is 0 Å². The molecule has 1 fully saturated rings. The van der Waals surface area contributed by atoms with Crippen molar-refractivity contribution in [2.75, 3.05) is 36.8 Å². The summed E-state index contributed by atoms with van der Waals surface area (Å²) >= 11 is 2.80. The lowest BCUT2D eigenvalue weighted by Crippen LogP contribution is -2.49. The van der Waals surface area contributed by atoms with E-state index in [1.165, 1.54) is 29.2 Å². The van der Waals surface area contributed by atoms with Crippen molar-refractivity contribution in [1.82, 2.24) is 24.6 Å². The number of nitro groups is 1. The third-order valence-electron chi connectivity index (χ3n) is 6.17. The number of hydrogen-bond donors (Lipinski definition) is 0. The molecular weight excluding hydrogens is 514 g/mol. The highest BCUT2D eigenvalue weighted by Gasteiger charge is 2.24. The molecule has 0 radical (unpaired) electrons. The highest BCUT2D eigenvalue weighted by Crippen LogP contribution is 2.32. The number of anilines is 1. The molecule has 0 aliphatic carbocycles. The number of amides is 1. The molecule has 11 nitrogen and oxygen atoms in total. The Bertz CT molecular complexity index is 1450. The van der Waals surface area contributed by atoms with Gasteiger partial charge in [0.15, 0.2) is 16.1 Å². The number of non-ortho nitro benzene ring substituents is 1. The Morgan fingerprint density at radius 3 is 2.70 bits per heavy atom. The summed E-state index contributed by atoms with van der Waals surface area (Å²) in [4.78, 5) is 32.1. The standard InChI is InChI=1S/C24H25N7O4S2/c1-16-5-3-4-6-19(16)35-14-21-26-27-24(28(21)2)36-15-22(32)29-9-11-30(12-10-29)23-25-18-8-7-17(31(33)34)13-20(18)37-23/h3-8,13H,9-12,14-15H2,1-2H3. The second-order valence-corrected chi connectivity index (χ2v) is 10.5. The normalized spacial score (nSPS) is 13.8. The Labute approximate surface area is 221 Å². The number of nitro benzene ring substituents is 1. The number of carbonyl (C=O) groups is 1. The van der Waals surface area contributed by atoms with E-state index in [1.807, 2.05) is 47.7 Å². The topological polar surface area (TPSA) is 120 Å². The van der Waals surface area contributed by atoms with Gasteiger partial charge in [-0.05, 0) is 24.6 Å². The molecule has 13 heteroatoms. The van der Waals surface area contributed by atoms with Gasteiger partial charge < -0.3 is 19.1 Å². The average Bonchev–Trinajstić information content (AvgIpc) is 3.49. The lowest BCUT2D eigenvalue weighted by atomic mass is 10.2. The zero-order valence-electron chi connectivity index (χ0n) is 20.4. The van der Waals surface area contributed by atoms with Gasteiger partial charge in [-0.1, -0.05) is 41.3 Å². The molecule has 3 heterocycles. The first-order chi connectivity index (χ1) is 17.9. The summed E-state index contributed by atoms with van der Waals surface area (Å²) in [6.07, 6.45) is 0. The molecule has 0 N–H and O–H groups in total. The van der Waals surface area contributed by atoms with Crippen LogP contribution in [-0.4, -0.2) is 67.4 Å². The number of benzene rings is 2. The molecule has 0 bridgehead atoms. The van der Waals surface area contributed by atoms with Crippen LogP contribution in [0.2, 0.25) is 0 Å². The number of rotatable bonds is 8. The minimum atomic E-state index is -0.400. The van der Waals surface area contributed by atoms with Crippen molar-refractivity contribution in [3.05, 3.63) is 64.0 Å². The third kappa shape index (κ3) is 5.52. The van der Waals surface area contributed by atoms with Crippen molar-refractivity contribution < 1.29 is 14.5 Å². The summed E-state index contributed by atoms with van der Waals surface area (Å²) in [6, 6.07) is 12.5. The first-order valence-corrected chi connectivity index (χ1v) is 13.5. The van der Waals surface area contributed by atoms with E-state index in [1.54, 1.807) is 12.1 Å². The Morgan fingerprint density at radius 2 is 1.95 bits per heavy atom. The van der Waals surface area contributed by atoms with E-state index in [0.29, 0.717) is 43.8 Å². The van der Waals surface area contributed by atoms with E-state index in [4.69, 9.17) is 4.74 Å². The van der Waals surface area contributed by atoms with Crippen LogP contribution in [0.1, 0.15) is 11.4 Å². The van der Waals surface area contributed by atoms with E-state index in [9.17, 15) is 14.9 Å². The summed E-state index contributed by atoms with van der Waals surface area (Å²) in [5, 5.41) is 21.0. The van der Waals surface area contributed by atoms with E-state index >= 15 is 0 Å². The maximum Gasteiger partial charge on any atom is 0.270 e. The number of ether oxygens (including phenoxy) is 1. The second-order valence-electron chi connectivity index (χ2n) is 8.57. The molecule has 37 heavy (non-hydrogen) atoms. The molecule has 2 aromatic heterocycles. The monoisotopic (exact) mass is 539 g/mol. The van der Waals surface area contributed by atoms with Gasteiger partial charge in [-0.25, -0.2) is 4.98 Å². The zero-order valence-corrected chi connectivity index (χ0v) is 22.0. The Kier molecular flexibility index (Phi) is 7.24. The van der Waals surface area contributed by atoms with Gasteiger partial charge in [0.2, 0.25) is 5.91 Å². The maximum absolute atomic E-state index is 12.9. The fourth-order valence-electron chi connectivity index (χ4n) is 3.97. The van der Waals surface area contributed by atoms with Gasteiger partial charge in [-0.3, -0.25) is 14.9 Å². The first-order valence-electron chi connectivity index (χ1n) is 11.7. The van der Waals surface area contributed by atoms with Crippen LogP contribution in [0.5, 0.6) is 5.75 Å². The van der Waals surface area contributed by atoms with Crippen LogP contribution in [0.4, 0.5) is 10.8 Å². The summed E-state index contributed by atoms with van der Waals surface area (Å²) in [5.41, 5.74) is 1.86. The molecule has 5 rings (SSSR count). The Morgan fingerprint density at radius 1 is 1.16 bits per heavy atom. The number of thioether (sulfide) groups is 1.